The SMILES string of the molecule is C=CC(=O)N(C)CC(=O)N1CCC(C(=O)NCc2ccc(F)cc2)CC1. The lowest BCUT2D eigenvalue weighted by molar-refractivity contribution is -0.139. The molecule has 1 aromatic carbocycles. The van der Waals surface area contributed by atoms with Gasteiger partial charge in [0.05, 0.1) is 6.54 Å². The van der Waals surface area contributed by atoms with Crippen LogP contribution in [0, 0.1) is 11.7 Å². The Bertz CT molecular complexity index is 667. The zero-order valence-corrected chi connectivity index (χ0v) is 14.9. The number of rotatable bonds is 6. The highest BCUT2D eigenvalue weighted by Gasteiger charge is 2.27. The van der Waals surface area contributed by atoms with Gasteiger partial charge in [-0.25, -0.2) is 4.39 Å². The minimum absolute atomic E-state index is 0.00623. The molecule has 2 rings (SSSR count). The first kappa shape index (κ1) is 19.6. The summed E-state index contributed by atoms with van der Waals surface area (Å²) in [6.45, 7) is 4.73. The number of hydrogen-bond acceptors (Lipinski definition) is 3. The molecule has 0 spiro atoms. The Labute approximate surface area is 152 Å². The fourth-order valence-electron chi connectivity index (χ4n) is 2.86. The van der Waals surface area contributed by atoms with E-state index in [0.29, 0.717) is 32.5 Å². The number of carbonyl (C=O) groups excluding carboxylic acids is 3. The van der Waals surface area contributed by atoms with Gasteiger partial charge in [-0.15, -0.1) is 0 Å². The molecule has 0 aliphatic carbocycles. The molecule has 1 N–H and O–H groups in total. The van der Waals surface area contributed by atoms with Crippen LogP contribution in [0.25, 0.3) is 0 Å². The molecule has 0 atom stereocenters. The number of likely N-dealkylation sites (tertiary alicyclic amines) is 1. The average molecular weight is 361 g/mol. The molecule has 1 aliphatic rings. The van der Waals surface area contributed by atoms with Crippen molar-refractivity contribution in [3.05, 3.63) is 48.3 Å². The molecule has 1 heterocycles. The third-order valence-corrected chi connectivity index (χ3v) is 4.52. The topological polar surface area (TPSA) is 69.7 Å². The lowest BCUT2D eigenvalue weighted by Crippen LogP contribution is -2.46. The van der Waals surface area contributed by atoms with Gasteiger partial charge >= 0.3 is 0 Å². The minimum Gasteiger partial charge on any atom is -0.352 e. The van der Waals surface area contributed by atoms with Crippen LogP contribution in [0.1, 0.15) is 18.4 Å². The van der Waals surface area contributed by atoms with E-state index in [9.17, 15) is 18.8 Å². The molecule has 7 heteroatoms. The number of nitrogens with zero attached hydrogens (tertiary/aromatic N) is 2. The molecule has 1 aliphatic heterocycles. The first-order chi connectivity index (χ1) is 12.4. The summed E-state index contributed by atoms with van der Waals surface area (Å²) in [5.41, 5.74) is 0.835. The summed E-state index contributed by atoms with van der Waals surface area (Å²) in [4.78, 5) is 38.9. The van der Waals surface area contributed by atoms with Crippen LogP contribution in [-0.4, -0.2) is 54.2 Å². The average Bonchev–Trinajstić information content (AvgIpc) is 2.66. The predicted molar refractivity (Wildman–Crippen MR) is 95.4 cm³/mol. The lowest BCUT2D eigenvalue weighted by atomic mass is 9.95. The second-order valence-corrected chi connectivity index (χ2v) is 6.40. The highest BCUT2D eigenvalue weighted by Crippen LogP contribution is 2.18. The fraction of sp³-hybridized carbons (Fsp3) is 0.421. The molecular weight excluding hydrogens is 337 g/mol. The number of piperidine rings is 1. The highest BCUT2D eigenvalue weighted by molar-refractivity contribution is 5.90. The van der Waals surface area contributed by atoms with Crippen LogP contribution in [0.4, 0.5) is 4.39 Å². The summed E-state index contributed by atoms with van der Waals surface area (Å²) in [6, 6.07) is 6.00. The third-order valence-electron chi connectivity index (χ3n) is 4.52. The molecule has 1 saturated heterocycles. The summed E-state index contributed by atoms with van der Waals surface area (Å²) < 4.78 is 12.9. The molecule has 26 heavy (non-hydrogen) atoms. The molecular formula is C19H24FN3O3. The molecule has 0 aromatic heterocycles. The van der Waals surface area contributed by atoms with Gasteiger partial charge < -0.3 is 15.1 Å². The predicted octanol–water partition coefficient (Wildman–Crippen LogP) is 1.32. The van der Waals surface area contributed by atoms with E-state index in [1.807, 2.05) is 0 Å². The van der Waals surface area contributed by atoms with Gasteiger partial charge in [0.2, 0.25) is 17.7 Å². The summed E-state index contributed by atoms with van der Waals surface area (Å²) in [5.74, 6) is -0.939. The van der Waals surface area contributed by atoms with Crippen molar-refractivity contribution in [2.75, 3.05) is 26.7 Å². The zero-order chi connectivity index (χ0) is 19.1. The molecule has 0 bridgehead atoms. The molecule has 0 radical (unpaired) electrons. The van der Waals surface area contributed by atoms with Crippen LogP contribution < -0.4 is 5.32 Å². The molecule has 1 aromatic rings. The van der Waals surface area contributed by atoms with Crippen LogP contribution in [0.2, 0.25) is 0 Å². The van der Waals surface area contributed by atoms with E-state index in [-0.39, 0.29) is 36.0 Å². The number of likely N-dealkylation sites (N-methyl/N-ethyl adjacent to an activating group) is 1. The lowest BCUT2D eigenvalue weighted by Gasteiger charge is -2.32. The molecule has 6 nitrogen and oxygen atoms in total. The largest absolute Gasteiger partial charge is 0.352 e. The summed E-state index contributed by atoms with van der Waals surface area (Å²) in [7, 11) is 1.55. The second-order valence-electron chi connectivity index (χ2n) is 6.40. The van der Waals surface area contributed by atoms with Crippen molar-refractivity contribution in [2.24, 2.45) is 5.92 Å². The first-order valence-electron chi connectivity index (χ1n) is 8.58. The Hall–Kier alpha value is -2.70. The van der Waals surface area contributed by atoms with Crippen molar-refractivity contribution in [1.29, 1.82) is 0 Å². The normalized spacial score (nSPS) is 14.6. The first-order valence-corrected chi connectivity index (χ1v) is 8.58. The number of hydrogen-bond donors (Lipinski definition) is 1. The van der Waals surface area contributed by atoms with Gasteiger partial charge in [-0.3, -0.25) is 14.4 Å². The van der Waals surface area contributed by atoms with Gasteiger partial charge in [0.25, 0.3) is 0 Å². The number of carbonyl (C=O) groups is 3. The van der Waals surface area contributed by atoms with Gasteiger partial charge in [-0.05, 0) is 36.6 Å². The Balaban J connectivity index is 1.75. The van der Waals surface area contributed by atoms with Crippen molar-refractivity contribution >= 4 is 17.7 Å². The van der Waals surface area contributed by atoms with Crippen molar-refractivity contribution in [1.82, 2.24) is 15.1 Å². The van der Waals surface area contributed by atoms with Crippen molar-refractivity contribution in [3.63, 3.8) is 0 Å². The van der Waals surface area contributed by atoms with Crippen molar-refractivity contribution in [2.45, 2.75) is 19.4 Å². The van der Waals surface area contributed by atoms with E-state index in [4.69, 9.17) is 0 Å². The van der Waals surface area contributed by atoms with Crippen LogP contribution >= 0.6 is 0 Å². The molecule has 0 unspecified atom stereocenters. The van der Waals surface area contributed by atoms with Gasteiger partial charge in [0.15, 0.2) is 0 Å². The Morgan fingerprint density at radius 2 is 1.88 bits per heavy atom. The summed E-state index contributed by atoms with van der Waals surface area (Å²) >= 11 is 0. The van der Waals surface area contributed by atoms with E-state index in [1.54, 1.807) is 24.1 Å². The maximum absolute atomic E-state index is 12.9. The Morgan fingerprint density at radius 1 is 1.27 bits per heavy atom. The van der Waals surface area contributed by atoms with Crippen molar-refractivity contribution in [3.8, 4) is 0 Å². The van der Waals surface area contributed by atoms with E-state index in [2.05, 4.69) is 11.9 Å². The quantitative estimate of drug-likeness (QED) is 0.777. The van der Waals surface area contributed by atoms with Crippen LogP contribution in [0.15, 0.2) is 36.9 Å². The van der Waals surface area contributed by atoms with Gasteiger partial charge in [0, 0.05) is 32.6 Å². The molecule has 0 saturated carbocycles. The van der Waals surface area contributed by atoms with Crippen LogP contribution in [-0.2, 0) is 20.9 Å². The summed E-state index contributed by atoms with van der Waals surface area (Å²) in [5, 5.41) is 2.86. The highest BCUT2D eigenvalue weighted by atomic mass is 19.1. The molecule has 1 fully saturated rings. The maximum Gasteiger partial charge on any atom is 0.246 e. The van der Waals surface area contributed by atoms with Gasteiger partial charge in [-0.1, -0.05) is 18.7 Å². The fourth-order valence-corrected chi connectivity index (χ4v) is 2.86. The molecule has 140 valence electrons. The summed E-state index contributed by atoms with van der Waals surface area (Å²) in [6.07, 6.45) is 2.34. The second kappa shape index (κ2) is 9.12. The van der Waals surface area contributed by atoms with Gasteiger partial charge in [0.1, 0.15) is 5.82 Å². The van der Waals surface area contributed by atoms with E-state index < -0.39 is 0 Å². The van der Waals surface area contributed by atoms with E-state index >= 15 is 0 Å². The van der Waals surface area contributed by atoms with E-state index in [1.165, 1.54) is 23.1 Å². The van der Waals surface area contributed by atoms with E-state index in [0.717, 1.165) is 5.56 Å². The van der Waals surface area contributed by atoms with Gasteiger partial charge in [-0.2, -0.15) is 0 Å². The van der Waals surface area contributed by atoms with Crippen molar-refractivity contribution < 1.29 is 18.8 Å². The standard InChI is InChI=1S/C19H24FN3O3/c1-3-17(24)22(2)13-18(25)23-10-8-15(9-11-23)19(26)21-12-14-4-6-16(20)7-5-14/h3-7,15H,1,8-13H2,2H3,(H,21,26). The van der Waals surface area contributed by atoms with Crippen LogP contribution in [0.3, 0.4) is 0 Å². The number of nitrogens with one attached hydrogen (secondary N) is 1. The Kier molecular flexibility index (Phi) is 6.89. The number of benzene rings is 1. The molecule has 3 amide bonds. The number of halogens is 1. The maximum atomic E-state index is 12.9. The third kappa shape index (κ3) is 5.40. The Morgan fingerprint density at radius 3 is 2.46 bits per heavy atom. The smallest absolute Gasteiger partial charge is 0.246 e. The number of amides is 3. The monoisotopic (exact) mass is 361 g/mol. The minimum atomic E-state index is -0.308. The zero-order valence-electron chi connectivity index (χ0n) is 14.9. The van der Waals surface area contributed by atoms with Crippen LogP contribution in [0.5, 0.6) is 0 Å².